The lowest BCUT2D eigenvalue weighted by molar-refractivity contribution is -0.384. The molecule has 0 amide bonds. The molecule has 1 aliphatic rings. The zero-order valence-electron chi connectivity index (χ0n) is 12.6. The number of alkyl halides is 3. The molecule has 1 atom stereocenters. The molecule has 9 heteroatoms. The number of non-ortho nitro benzene ring substituents is 1. The second-order valence-electron chi connectivity index (χ2n) is 5.49. The van der Waals surface area contributed by atoms with Crippen molar-refractivity contribution in [3.8, 4) is 0 Å². The highest BCUT2D eigenvalue weighted by molar-refractivity contribution is 6.03. The maximum absolute atomic E-state index is 13.5. The average molecular weight is 351 g/mol. The van der Waals surface area contributed by atoms with Crippen LogP contribution in [-0.4, -0.2) is 27.6 Å². The van der Waals surface area contributed by atoms with Crippen molar-refractivity contribution < 1.29 is 23.2 Å². The summed E-state index contributed by atoms with van der Waals surface area (Å²) < 4.78 is 40.5. The average Bonchev–Trinajstić information content (AvgIpc) is 2.95. The van der Waals surface area contributed by atoms with Crippen molar-refractivity contribution in [2.75, 3.05) is 5.01 Å². The summed E-state index contributed by atoms with van der Waals surface area (Å²) in [6.45, 7) is 0. The molecule has 0 saturated heterocycles. The summed E-state index contributed by atoms with van der Waals surface area (Å²) in [5.74, 6) is 0. The van der Waals surface area contributed by atoms with Crippen LogP contribution in [-0.2, 0) is 0 Å². The predicted octanol–water partition coefficient (Wildman–Crippen LogP) is 3.46. The maximum Gasteiger partial charge on any atom is 0.438 e. The molecule has 25 heavy (non-hydrogen) atoms. The number of nitro groups is 1. The number of halogens is 3. The summed E-state index contributed by atoms with van der Waals surface area (Å²) in [7, 11) is 0. The van der Waals surface area contributed by atoms with E-state index in [0.29, 0.717) is 5.01 Å². The Kier molecular flexibility index (Phi) is 3.96. The predicted molar refractivity (Wildman–Crippen MR) is 84.2 cm³/mol. The lowest BCUT2D eigenvalue weighted by atomic mass is 10.0. The summed E-state index contributed by atoms with van der Waals surface area (Å²) in [6, 6.07) is 12.5. The van der Waals surface area contributed by atoms with E-state index in [1.165, 1.54) is 48.5 Å². The van der Waals surface area contributed by atoms with Crippen molar-refractivity contribution >= 4 is 17.1 Å². The number of anilines is 1. The molecule has 2 aromatic rings. The van der Waals surface area contributed by atoms with Crippen LogP contribution in [0.5, 0.6) is 0 Å². The molecule has 0 spiro atoms. The third kappa shape index (κ3) is 2.93. The van der Waals surface area contributed by atoms with Gasteiger partial charge in [0, 0.05) is 12.1 Å². The van der Waals surface area contributed by atoms with E-state index >= 15 is 0 Å². The highest BCUT2D eigenvalue weighted by Crippen LogP contribution is 2.43. The number of benzene rings is 2. The van der Waals surface area contributed by atoms with E-state index in [4.69, 9.17) is 0 Å². The Balaban J connectivity index is 2.03. The Morgan fingerprint density at radius 3 is 2.24 bits per heavy atom. The third-order valence-corrected chi connectivity index (χ3v) is 3.85. The van der Waals surface area contributed by atoms with E-state index in [0.717, 1.165) is 0 Å². The SMILES string of the molecule is O=[N+]([O-])c1ccc(C2=NN(c3ccccc3)C(O)(C(F)(F)F)C2)cc1. The number of aliphatic hydroxyl groups is 1. The van der Waals surface area contributed by atoms with Crippen molar-refractivity contribution in [2.45, 2.75) is 18.3 Å². The summed E-state index contributed by atoms with van der Waals surface area (Å²) in [5.41, 5.74) is -3.04. The molecule has 1 unspecified atom stereocenters. The minimum Gasteiger partial charge on any atom is -0.362 e. The number of nitrogens with zero attached hydrogens (tertiary/aromatic N) is 3. The molecule has 1 N–H and O–H groups in total. The first-order valence-corrected chi connectivity index (χ1v) is 7.19. The molecule has 130 valence electrons. The number of hydrogen-bond acceptors (Lipinski definition) is 5. The van der Waals surface area contributed by atoms with Gasteiger partial charge in [-0.25, -0.2) is 5.01 Å². The van der Waals surface area contributed by atoms with Gasteiger partial charge < -0.3 is 5.11 Å². The number of nitro benzene ring substituents is 1. The molecule has 0 saturated carbocycles. The highest BCUT2D eigenvalue weighted by atomic mass is 19.4. The molecule has 0 bridgehead atoms. The van der Waals surface area contributed by atoms with Crippen LogP contribution in [0.1, 0.15) is 12.0 Å². The smallest absolute Gasteiger partial charge is 0.362 e. The van der Waals surface area contributed by atoms with Gasteiger partial charge >= 0.3 is 6.18 Å². The zero-order chi connectivity index (χ0) is 18.2. The first kappa shape index (κ1) is 16.9. The summed E-state index contributed by atoms with van der Waals surface area (Å²) >= 11 is 0. The minimum atomic E-state index is -4.95. The normalized spacial score (nSPS) is 20.5. The molecule has 1 aliphatic heterocycles. The van der Waals surface area contributed by atoms with E-state index in [2.05, 4.69) is 5.10 Å². The molecule has 0 aromatic heterocycles. The highest BCUT2D eigenvalue weighted by Gasteiger charge is 2.61. The molecule has 0 radical (unpaired) electrons. The Hall–Kier alpha value is -2.94. The third-order valence-electron chi connectivity index (χ3n) is 3.85. The number of hydrazone groups is 1. The van der Waals surface area contributed by atoms with Gasteiger partial charge in [0.2, 0.25) is 0 Å². The fraction of sp³-hybridized carbons (Fsp3) is 0.188. The van der Waals surface area contributed by atoms with Gasteiger partial charge in [-0.15, -0.1) is 0 Å². The van der Waals surface area contributed by atoms with Gasteiger partial charge in [0.05, 0.1) is 22.7 Å². The fourth-order valence-electron chi connectivity index (χ4n) is 2.54. The molecule has 1 heterocycles. The summed E-state index contributed by atoms with van der Waals surface area (Å²) in [6.07, 6.45) is -5.74. The van der Waals surface area contributed by atoms with Crippen LogP contribution >= 0.6 is 0 Å². The van der Waals surface area contributed by atoms with Crippen LogP contribution in [0, 0.1) is 10.1 Å². The van der Waals surface area contributed by atoms with Crippen molar-refractivity contribution in [3.05, 3.63) is 70.3 Å². The molecule has 0 fully saturated rings. The number of para-hydroxylation sites is 1. The largest absolute Gasteiger partial charge is 0.438 e. The Morgan fingerprint density at radius 2 is 1.72 bits per heavy atom. The molecule has 2 aromatic carbocycles. The topological polar surface area (TPSA) is 79.0 Å². The van der Waals surface area contributed by atoms with E-state index in [9.17, 15) is 28.4 Å². The van der Waals surface area contributed by atoms with Crippen LogP contribution in [0.2, 0.25) is 0 Å². The summed E-state index contributed by atoms with van der Waals surface area (Å²) in [5, 5.41) is 25.4. The van der Waals surface area contributed by atoms with Crippen LogP contribution in [0.4, 0.5) is 24.5 Å². The molecular formula is C16H12F3N3O3. The van der Waals surface area contributed by atoms with E-state index in [1.807, 2.05) is 0 Å². The summed E-state index contributed by atoms with van der Waals surface area (Å²) in [4.78, 5) is 10.1. The van der Waals surface area contributed by atoms with Crippen molar-refractivity contribution in [1.29, 1.82) is 0 Å². The lowest BCUT2D eigenvalue weighted by Crippen LogP contribution is -2.55. The molecular weight excluding hydrogens is 339 g/mol. The second kappa shape index (κ2) is 5.85. The molecule has 0 aliphatic carbocycles. The second-order valence-corrected chi connectivity index (χ2v) is 5.49. The monoisotopic (exact) mass is 351 g/mol. The first-order valence-electron chi connectivity index (χ1n) is 7.19. The van der Waals surface area contributed by atoms with Gasteiger partial charge in [0.25, 0.3) is 11.4 Å². The zero-order valence-corrected chi connectivity index (χ0v) is 12.6. The van der Waals surface area contributed by atoms with Gasteiger partial charge in [0.1, 0.15) is 0 Å². The maximum atomic E-state index is 13.5. The van der Waals surface area contributed by atoms with Gasteiger partial charge in [-0.1, -0.05) is 18.2 Å². The first-order chi connectivity index (χ1) is 11.7. The minimum absolute atomic E-state index is 0.0152. The van der Waals surface area contributed by atoms with E-state index in [1.54, 1.807) is 6.07 Å². The molecule has 6 nitrogen and oxygen atoms in total. The van der Waals surface area contributed by atoms with Gasteiger partial charge in [-0.3, -0.25) is 10.1 Å². The van der Waals surface area contributed by atoms with Crippen LogP contribution < -0.4 is 5.01 Å². The Bertz CT molecular complexity index is 822. The van der Waals surface area contributed by atoms with Crippen molar-refractivity contribution in [1.82, 2.24) is 0 Å². The standard InChI is InChI=1S/C16H12F3N3O3/c17-16(18,19)15(23)10-14(11-6-8-13(9-7-11)22(24)25)20-21(15)12-4-2-1-3-5-12/h1-9,23H,10H2. The van der Waals surface area contributed by atoms with Crippen molar-refractivity contribution in [2.24, 2.45) is 5.10 Å². The van der Waals surface area contributed by atoms with Crippen LogP contribution in [0.3, 0.4) is 0 Å². The lowest BCUT2D eigenvalue weighted by Gasteiger charge is -2.34. The van der Waals surface area contributed by atoms with Crippen LogP contribution in [0.25, 0.3) is 0 Å². The van der Waals surface area contributed by atoms with Gasteiger partial charge in [-0.2, -0.15) is 18.3 Å². The van der Waals surface area contributed by atoms with E-state index < -0.39 is 23.2 Å². The quantitative estimate of drug-likeness (QED) is 0.678. The Labute approximate surface area is 140 Å². The number of rotatable bonds is 3. The molecule has 3 rings (SSSR count). The van der Waals surface area contributed by atoms with E-state index in [-0.39, 0.29) is 22.6 Å². The van der Waals surface area contributed by atoms with Gasteiger partial charge in [-0.05, 0) is 29.8 Å². The van der Waals surface area contributed by atoms with Gasteiger partial charge in [0.15, 0.2) is 0 Å². The number of hydrogen-bond donors (Lipinski definition) is 1. The fourth-order valence-corrected chi connectivity index (χ4v) is 2.54. The Morgan fingerprint density at radius 1 is 1.12 bits per heavy atom. The van der Waals surface area contributed by atoms with Crippen LogP contribution in [0.15, 0.2) is 59.7 Å². The van der Waals surface area contributed by atoms with Crippen molar-refractivity contribution in [3.63, 3.8) is 0 Å².